The first-order valence-electron chi connectivity index (χ1n) is 11.2. The number of hydrogen-bond acceptors (Lipinski definition) is 3. The van der Waals surface area contributed by atoms with Crippen LogP contribution in [-0.2, 0) is 11.2 Å². The van der Waals surface area contributed by atoms with Gasteiger partial charge in [0.25, 0.3) is 11.8 Å². The molecule has 6 heteroatoms. The smallest absolute Gasteiger partial charge is 0.267 e. The zero-order valence-corrected chi connectivity index (χ0v) is 19.3. The van der Waals surface area contributed by atoms with Crippen molar-refractivity contribution in [2.75, 3.05) is 25.5 Å². The number of rotatable bonds is 8. The van der Waals surface area contributed by atoms with Gasteiger partial charge in [0.2, 0.25) is 0 Å². The molecule has 4 rings (SSSR count). The van der Waals surface area contributed by atoms with E-state index in [-0.39, 0.29) is 17.5 Å². The highest BCUT2D eigenvalue weighted by molar-refractivity contribution is 6.05. The first kappa shape index (κ1) is 22.9. The summed E-state index contributed by atoms with van der Waals surface area (Å²) in [7, 11) is 3.94. The van der Waals surface area contributed by atoms with E-state index in [0.29, 0.717) is 18.5 Å². The Hall–Kier alpha value is -4.32. The normalized spacial score (nSPS) is 11.3. The van der Waals surface area contributed by atoms with Gasteiger partial charge in [0, 0.05) is 49.0 Å². The van der Waals surface area contributed by atoms with Crippen LogP contribution in [0.2, 0.25) is 0 Å². The van der Waals surface area contributed by atoms with Crippen LogP contribution in [0.15, 0.2) is 90.8 Å². The first-order valence-corrected chi connectivity index (χ1v) is 11.2. The van der Waals surface area contributed by atoms with Gasteiger partial charge in [0.1, 0.15) is 5.70 Å². The Kier molecular flexibility index (Phi) is 7.08. The fourth-order valence-corrected chi connectivity index (χ4v) is 3.72. The van der Waals surface area contributed by atoms with Gasteiger partial charge < -0.3 is 20.5 Å². The van der Waals surface area contributed by atoms with Crippen LogP contribution in [0.3, 0.4) is 0 Å². The van der Waals surface area contributed by atoms with Crippen LogP contribution in [0.1, 0.15) is 21.5 Å². The molecule has 0 unspecified atom stereocenters. The lowest BCUT2D eigenvalue weighted by Gasteiger charge is -2.13. The number of nitrogens with zero attached hydrogens (tertiary/aromatic N) is 1. The molecule has 0 fully saturated rings. The Balaban J connectivity index is 1.50. The Morgan fingerprint density at radius 2 is 1.62 bits per heavy atom. The van der Waals surface area contributed by atoms with E-state index in [1.807, 2.05) is 73.7 Å². The quantitative estimate of drug-likeness (QED) is 0.348. The van der Waals surface area contributed by atoms with Crippen molar-refractivity contribution in [3.8, 4) is 0 Å². The van der Waals surface area contributed by atoms with Crippen LogP contribution in [-0.4, -0.2) is 37.4 Å². The molecule has 172 valence electrons. The number of para-hydroxylation sites is 1. The largest absolute Gasteiger partial charge is 0.378 e. The van der Waals surface area contributed by atoms with Crippen LogP contribution in [0, 0.1) is 0 Å². The predicted molar refractivity (Wildman–Crippen MR) is 138 cm³/mol. The van der Waals surface area contributed by atoms with E-state index in [1.165, 1.54) is 0 Å². The summed E-state index contributed by atoms with van der Waals surface area (Å²) < 4.78 is 0. The van der Waals surface area contributed by atoms with Gasteiger partial charge in [-0.15, -0.1) is 0 Å². The lowest BCUT2D eigenvalue weighted by atomic mass is 10.1. The Bertz CT molecular complexity index is 1310. The summed E-state index contributed by atoms with van der Waals surface area (Å²) in [5.74, 6) is -0.663. The molecule has 0 aliphatic rings. The van der Waals surface area contributed by atoms with Crippen molar-refractivity contribution in [2.45, 2.75) is 6.42 Å². The third kappa shape index (κ3) is 5.53. The van der Waals surface area contributed by atoms with Gasteiger partial charge in [-0.2, -0.15) is 0 Å². The summed E-state index contributed by atoms with van der Waals surface area (Å²) in [5.41, 5.74) is 4.76. The van der Waals surface area contributed by atoms with Crippen LogP contribution >= 0.6 is 0 Å². The minimum absolute atomic E-state index is 0.199. The van der Waals surface area contributed by atoms with Gasteiger partial charge in [0.15, 0.2) is 0 Å². The number of aromatic amines is 1. The van der Waals surface area contributed by atoms with E-state index in [2.05, 4.69) is 21.7 Å². The van der Waals surface area contributed by atoms with Crippen LogP contribution in [0.25, 0.3) is 17.0 Å². The number of benzene rings is 3. The Morgan fingerprint density at radius 3 is 2.35 bits per heavy atom. The first-order chi connectivity index (χ1) is 16.5. The van der Waals surface area contributed by atoms with Gasteiger partial charge >= 0.3 is 0 Å². The number of carbonyl (C=O) groups excluding carboxylic acids is 2. The molecule has 1 aromatic heterocycles. The topological polar surface area (TPSA) is 77.2 Å². The van der Waals surface area contributed by atoms with Crippen molar-refractivity contribution in [3.63, 3.8) is 0 Å². The van der Waals surface area contributed by atoms with Crippen LogP contribution in [0.4, 0.5) is 5.69 Å². The number of H-pyrrole nitrogens is 1. The molecular formula is C28H28N4O2. The van der Waals surface area contributed by atoms with Gasteiger partial charge in [-0.25, -0.2) is 0 Å². The van der Waals surface area contributed by atoms with E-state index < -0.39 is 0 Å². The summed E-state index contributed by atoms with van der Waals surface area (Å²) in [6.07, 6.45) is 4.34. The lowest BCUT2D eigenvalue weighted by Crippen LogP contribution is -2.35. The van der Waals surface area contributed by atoms with E-state index in [1.54, 1.807) is 30.3 Å². The summed E-state index contributed by atoms with van der Waals surface area (Å²) in [4.78, 5) is 31.1. The van der Waals surface area contributed by atoms with Gasteiger partial charge in [0.05, 0.1) is 0 Å². The molecule has 0 aliphatic carbocycles. The molecule has 0 spiro atoms. The highest BCUT2D eigenvalue weighted by atomic mass is 16.2. The van der Waals surface area contributed by atoms with Gasteiger partial charge in [-0.1, -0.05) is 48.5 Å². The number of amides is 2. The highest BCUT2D eigenvalue weighted by Gasteiger charge is 2.15. The second kappa shape index (κ2) is 10.5. The molecule has 34 heavy (non-hydrogen) atoms. The van der Waals surface area contributed by atoms with Crippen LogP contribution in [0.5, 0.6) is 0 Å². The minimum Gasteiger partial charge on any atom is -0.378 e. The molecule has 0 aliphatic heterocycles. The molecule has 0 atom stereocenters. The monoisotopic (exact) mass is 452 g/mol. The molecule has 3 N–H and O–H groups in total. The molecule has 4 aromatic rings. The minimum atomic E-state index is -0.333. The maximum absolute atomic E-state index is 13.1. The number of anilines is 1. The summed E-state index contributed by atoms with van der Waals surface area (Å²) >= 11 is 0. The highest BCUT2D eigenvalue weighted by Crippen LogP contribution is 2.18. The number of fused-ring (bicyclic) bond motifs is 1. The van der Waals surface area contributed by atoms with E-state index >= 15 is 0 Å². The molecule has 0 saturated heterocycles. The van der Waals surface area contributed by atoms with Crippen LogP contribution < -0.4 is 15.5 Å². The van der Waals surface area contributed by atoms with E-state index in [9.17, 15) is 9.59 Å². The van der Waals surface area contributed by atoms with Crippen molar-refractivity contribution < 1.29 is 9.59 Å². The Morgan fingerprint density at radius 1 is 0.912 bits per heavy atom. The van der Waals surface area contributed by atoms with Crippen molar-refractivity contribution >= 4 is 34.5 Å². The number of aromatic nitrogens is 1. The molecule has 2 amide bonds. The summed E-state index contributed by atoms with van der Waals surface area (Å²) in [6.45, 7) is 0.443. The predicted octanol–water partition coefficient (Wildman–Crippen LogP) is 4.36. The maximum Gasteiger partial charge on any atom is 0.267 e. The number of hydrogen-bond donors (Lipinski definition) is 3. The molecule has 1 heterocycles. The fraction of sp³-hybridized carbons (Fsp3) is 0.143. The zero-order valence-electron chi connectivity index (χ0n) is 19.3. The van der Waals surface area contributed by atoms with Crippen molar-refractivity contribution in [2.24, 2.45) is 0 Å². The third-order valence-electron chi connectivity index (χ3n) is 5.60. The van der Waals surface area contributed by atoms with Gasteiger partial charge in [-0.05, 0) is 54.0 Å². The van der Waals surface area contributed by atoms with Crippen molar-refractivity contribution in [1.82, 2.24) is 15.6 Å². The lowest BCUT2D eigenvalue weighted by molar-refractivity contribution is -0.117. The van der Waals surface area contributed by atoms with E-state index in [0.717, 1.165) is 27.7 Å². The molecular weight excluding hydrogens is 424 g/mol. The standard InChI is InChI=1S/C28H28N4O2/c1-32(2)23-14-12-20(13-15-23)18-26(31-27(33)21-8-4-3-5-9-21)28(34)29-17-16-22-19-30-25-11-7-6-10-24(22)25/h3-15,18-19,30H,16-17H2,1-2H3,(H,29,34)(H,31,33). The maximum atomic E-state index is 13.1. The molecule has 3 aromatic carbocycles. The third-order valence-corrected chi connectivity index (χ3v) is 5.60. The average Bonchev–Trinajstić information content (AvgIpc) is 3.27. The second-order valence-corrected chi connectivity index (χ2v) is 8.23. The summed E-state index contributed by atoms with van der Waals surface area (Å²) in [5, 5.41) is 6.88. The number of nitrogens with one attached hydrogen (secondary N) is 3. The fourth-order valence-electron chi connectivity index (χ4n) is 3.72. The van der Waals surface area contributed by atoms with Gasteiger partial charge in [-0.3, -0.25) is 9.59 Å². The second-order valence-electron chi connectivity index (χ2n) is 8.23. The molecule has 0 radical (unpaired) electrons. The van der Waals surface area contributed by atoms with Crippen molar-refractivity contribution in [1.29, 1.82) is 0 Å². The SMILES string of the molecule is CN(C)c1ccc(C=C(NC(=O)c2ccccc2)C(=O)NCCc2c[nH]c3ccccc23)cc1. The molecule has 0 saturated carbocycles. The summed E-state index contributed by atoms with van der Waals surface area (Å²) in [6, 6.07) is 24.7. The molecule has 0 bridgehead atoms. The average molecular weight is 453 g/mol. The number of carbonyl (C=O) groups is 2. The van der Waals surface area contributed by atoms with Crippen molar-refractivity contribution in [3.05, 3.63) is 107 Å². The zero-order chi connectivity index (χ0) is 23.9. The Labute approximate surface area is 199 Å². The van der Waals surface area contributed by atoms with E-state index in [4.69, 9.17) is 0 Å². The molecule has 6 nitrogen and oxygen atoms in total.